The van der Waals surface area contributed by atoms with Gasteiger partial charge < -0.3 is 15.0 Å². The molecular formula is C18H19FN4O2. The van der Waals surface area contributed by atoms with E-state index in [-0.39, 0.29) is 12.5 Å². The monoisotopic (exact) mass is 342 g/mol. The lowest BCUT2D eigenvalue weighted by Crippen LogP contribution is -2.47. The Labute approximate surface area is 145 Å². The first kappa shape index (κ1) is 15.8. The normalized spacial score (nSPS) is 22.5. The standard InChI is InChI=1S/C18H19FN4O2/c1-11-7-13-15(9-21-18(13)24)22-17(11)23-6-4-16(14(19)10-23)25-12-3-2-5-20-8-12/h2-3,5,7-8,14,16H,4,6,9-10H2,1H3,(H,21,24)/t14-,16+/m0/s1. The predicted octanol–water partition coefficient (Wildman–Crippen LogP) is 2.02. The number of piperidine rings is 1. The molecule has 130 valence electrons. The lowest BCUT2D eigenvalue weighted by Gasteiger charge is -2.36. The molecule has 1 amide bonds. The third-order valence-corrected chi connectivity index (χ3v) is 4.63. The average Bonchev–Trinajstić information content (AvgIpc) is 2.97. The van der Waals surface area contributed by atoms with E-state index >= 15 is 0 Å². The first-order valence-electron chi connectivity index (χ1n) is 8.36. The molecule has 7 heteroatoms. The fourth-order valence-corrected chi connectivity index (χ4v) is 3.35. The topological polar surface area (TPSA) is 67.3 Å². The predicted molar refractivity (Wildman–Crippen MR) is 90.5 cm³/mol. The first-order chi connectivity index (χ1) is 12.1. The molecule has 0 spiro atoms. The van der Waals surface area contributed by atoms with Crippen LogP contribution < -0.4 is 15.0 Å². The number of rotatable bonds is 3. The summed E-state index contributed by atoms with van der Waals surface area (Å²) in [6, 6.07) is 5.39. The van der Waals surface area contributed by atoms with E-state index in [1.165, 1.54) is 0 Å². The number of fused-ring (bicyclic) bond motifs is 1. The summed E-state index contributed by atoms with van der Waals surface area (Å²) in [6.07, 6.45) is 2.20. The molecule has 2 aliphatic heterocycles. The number of aryl methyl sites for hydroxylation is 1. The average molecular weight is 342 g/mol. The van der Waals surface area contributed by atoms with Gasteiger partial charge in [0.25, 0.3) is 5.91 Å². The van der Waals surface area contributed by atoms with Gasteiger partial charge in [0.2, 0.25) is 0 Å². The van der Waals surface area contributed by atoms with Crippen LogP contribution in [0, 0.1) is 6.92 Å². The number of amides is 1. The molecule has 0 aromatic carbocycles. The molecule has 2 aliphatic rings. The molecule has 6 nitrogen and oxygen atoms in total. The van der Waals surface area contributed by atoms with Crippen LogP contribution in [0.4, 0.5) is 10.2 Å². The Kier molecular flexibility index (Phi) is 3.99. The molecule has 0 unspecified atom stereocenters. The molecule has 4 heterocycles. The smallest absolute Gasteiger partial charge is 0.253 e. The number of nitrogens with one attached hydrogen (secondary N) is 1. The fourth-order valence-electron chi connectivity index (χ4n) is 3.35. The summed E-state index contributed by atoms with van der Waals surface area (Å²) in [7, 11) is 0. The van der Waals surface area contributed by atoms with Crippen molar-refractivity contribution in [2.75, 3.05) is 18.0 Å². The number of hydrogen-bond donors (Lipinski definition) is 1. The minimum absolute atomic E-state index is 0.0934. The number of ether oxygens (including phenoxy) is 1. The van der Waals surface area contributed by atoms with Crippen molar-refractivity contribution in [2.24, 2.45) is 0 Å². The van der Waals surface area contributed by atoms with E-state index in [1.807, 2.05) is 17.9 Å². The highest BCUT2D eigenvalue weighted by Gasteiger charge is 2.33. The second kappa shape index (κ2) is 6.31. The number of halogens is 1. The zero-order valence-electron chi connectivity index (χ0n) is 13.9. The molecule has 1 N–H and O–H groups in total. The van der Waals surface area contributed by atoms with Gasteiger partial charge in [-0.2, -0.15) is 0 Å². The van der Waals surface area contributed by atoms with Crippen LogP contribution in [-0.4, -0.2) is 41.2 Å². The van der Waals surface area contributed by atoms with Crippen molar-refractivity contribution in [1.29, 1.82) is 0 Å². The number of aromatic nitrogens is 2. The van der Waals surface area contributed by atoms with E-state index in [0.29, 0.717) is 30.8 Å². The van der Waals surface area contributed by atoms with Gasteiger partial charge in [-0.25, -0.2) is 9.37 Å². The lowest BCUT2D eigenvalue weighted by atomic mass is 10.0. The van der Waals surface area contributed by atoms with Crippen molar-refractivity contribution in [3.8, 4) is 5.75 Å². The van der Waals surface area contributed by atoms with Crippen LogP contribution in [0.1, 0.15) is 28.0 Å². The van der Waals surface area contributed by atoms with E-state index in [1.54, 1.807) is 24.5 Å². The van der Waals surface area contributed by atoms with Gasteiger partial charge in [-0.05, 0) is 30.7 Å². The summed E-state index contributed by atoms with van der Waals surface area (Å²) < 4.78 is 20.4. The Balaban J connectivity index is 1.49. The quantitative estimate of drug-likeness (QED) is 0.924. The Morgan fingerprint density at radius 2 is 2.32 bits per heavy atom. The molecule has 25 heavy (non-hydrogen) atoms. The Bertz CT molecular complexity index is 799. The maximum atomic E-state index is 14.7. The summed E-state index contributed by atoms with van der Waals surface area (Å²) in [4.78, 5) is 22.2. The van der Waals surface area contributed by atoms with E-state index < -0.39 is 12.3 Å². The minimum Gasteiger partial charge on any atom is -0.486 e. The number of carbonyl (C=O) groups excluding carboxylic acids is 1. The van der Waals surface area contributed by atoms with Gasteiger partial charge in [0.1, 0.15) is 17.7 Å². The van der Waals surface area contributed by atoms with E-state index in [4.69, 9.17) is 4.74 Å². The Morgan fingerprint density at radius 1 is 1.44 bits per heavy atom. The Hall–Kier alpha value is -2.70. The number of carbonyl (C=O) groups is 1. The van der Waals surface area contributed by atoms with Crippen molar-refractivity contribution in [2.45, 2.75) is 32.2 Å². The van der Waals surface area contributed by atoms with Gasteiger partial charge in [-0.1, -0.05) is 0 Å². The maximum Gasteiger partial charge on any atom is 0.253 e. The molecule has 1 fully saturated rings. The zero-order valence-corrected chi connectivity index (χ0v) is 13.9. The van der Waals surface area contributed by atoms with Crippen molar-refractivity contribution >= 4 is 11.7 Å². The number of nitrogens with zero attached hydrogens (tertiary/aromatic N) is 3. The van der Waals surface area contributed by atoms with Crippen molar-refractivity contribution in [1.82, 2.24) is 15.3 Å². The fraction of sp³-hybridized carbons (Fsp3) is 0.389. The van der Waals surface area contributed by atoms with E-state index in [2.05, 4.69) is 15.3 Å². The highest BCUT2D eigenvalue weighted by Crippen LogP contribution is 2.28. The summed E-state index contributed by atoms with van der Waals surface area (Å²) in [6.45, 7) is 3.21. The van der Waals surface area contributed by atoms with Crippen LogP contribution in [0.2, 0.25) is 0 Å². The molecule has 0 aliphatic carbocycles. The second-order valence-electron chi connectivity index (χ2n) is 6.40. The van der Waals surface area contributed by atoms with Crippen LogP contribution >= 0.6 is 0 Å². The minimum atomic E-state index is -1.12. The summed E-state index contributed by atoms with van der Waals surface area (Å²) in [5.74, 6) is 1.24. The molecule has 0 radical (unpaired) electrons. The summed E-state index contributed by atoms with van der Waals surface area (Å²) >= 11 is 0. The molecule has 4 rings (SSSR count). The maximum absolute atomic E-state index is 14.7. The Morgan fingerprint density at radius 3 is 3.08 bits per heavy atom. The summed E-state index contributed by atoms with van der Waals surface area (Å²) in [5, 5.41) is 2.77. The zero-order chi connectivity index (χ0) is 17.4. The largest absolute Gasteiger partial charge is 0.486 e. The van der Waals surface area contributed by atoms with Gasteiger partial charge >= 0.3 is 0 Å². The van der Waals surface area contributed by atoms with Crippen LogP contribution in [0.25, 0.3) is 0 Å². The van der Waals surface area contributed by atoms with Gasteiger partial charge in [0, 0.05) is 19.2 Å². The van der Waals surface area contributed by atoms with Crippen molar-refractivity contribution in [3.63, 3.8) is 0 Å². The number of pyridine rings is 2. The van der Waals surface area contributed by atoms with Gasteiger partial charge in [-0.3, -0.25) is 9.78 Å². The highest BCUT2D eigenvalue weighted by molar-refractivity contribution is 5.98. The summed E-state index contributed by atoms with van der Waals surface area (Å²) in [5.41, 5.74) is 2.23. The molecule has 0 bridgehead atoms. The van der Waals surface area contributed by atoms with Crippen LogP contribution in [0.3, 0.4) is 0 Å². The van der Waals surface area contributed by atoms with Gasteiger partial charge in [0.05, 0.1) is 30.5 Å². The second-order valence-corrected chi connectivity index (χ2v) is 6.40. The third-order valence-electron chi connectivity index (χ3n) is 4.63. The third kappa shape index (κ3) is 3.01. The van der Waals surface area contributed by atoms with Crippen LogP contribution in [-0.2, 0) is 6.54 Å². The van der Waals surface area contributed by atoms with Crippen molar-refractivity contribution < 1.29 is 13.9 Å². The molecule has 2 aromatic rings. The van der Waals surface area contributed by atoms with Crippen LogP contribution in [0.5, 0.6) is 5.75 Å². The van der Waals surface area contributed by atoms with Crippen LogP contribution in [0.15, 0.2) is 30.6 Å². The lowest BCUT2D eigenvalue weighted by molar-refractivity contribution is 0.0815. The molecule has 2 aromatic heterocycles. The first-order valence-corrected chi connectivity index (χ1v) is 8.36. The molecule has 0 saturated carbocycles. The number of anilines is 1. The molecular weight excluding hydrogens is 323 g/mol. The van der Waals surface area contributed by atoms with Gasteiger partial charge in [-0.15, -0.1) is 0 Å². The molecule has 1 saturated heterocycles. The van der Waals surface area contributed by atoms with Gasteiger partial charge in [0.15, 0.2) is 6.17 Å². The molecule has 2 atom stereocenters. The van der Waals surface area contributed by atoms with E-state index in [9.17, 15) is 9.18 Å². The van der Waals surface area contributed by atoms with E-state index in [0.717, 1.165) is 17.1 Å². The highest BCUT2D eigenvalue weighted by atomic mass is 19.1. The van der Waals surface area contributed by atoms with Crippen molar-refractivity contribution in [3.05, 3.63) is 47.4 Å². The number of alkyl halides is 1. The number of hydrogen-bond acceptors (Lipinski definition) is 5. The SMILES string of the molecule is Cc1cc2c(nc1N1CC[C@@H](Oc3cccnc3)[C@@H](F)C1)CNC2=O.